The van der Waals surface area contributed by atoms with Crippen molar-refractivity contribution in [3.8, 4) is 0 Å². The van der Waals surface area contributed by atoms with Gasteiger partial charge in [-0.3, -0.25) is 4.79 Å². The molecule has 4 rings (SSSR count). The number of amides is 1. The van der Waals surface area contributed by atoms with Crippen LogP contribution in [0.25, 0.3) is 0 Å². The second-order valence-electron chi connectivity index (χ2n) is 7.57. The van der Waals surface area contributed by atoms with Crippen LogP contribution in [-0.2, 0) is 27.8 Å². The van der Waals surface area contributed by atoms with E-state index < -0.39 is 10.0 Å². The van der Waals surface area contributed by atoms with Crippen LogP contribution in [0.15, 0.2) is 53.4 Å². The van der Waals surface area contributed by atoms with E-state index in [1.807, 2.05) is 42.2 Å². The molecule has 0 radical (unpaired) electrons. The maximum Gasteiger partial charge on any atom is 0.243 e. The van der Waals surface area contributed by atoms with E-state index in [9.17, 15) is 13.2 Å². The second-order valence-corrected chi connectivity index (χ2v) is 9.62. The van der Waals surface area contributed by atoms with Gasteiger partial charge in [0.2, 0.25) is 15.9 Å². The van der Waals surface area contributed by atoms with Crippen LogP contribution in [0.1, 0.15) is 30.9 Å². The van der Waals surface area contributed by atoms with Gasteiger partial charge in [-0.1, -0.05) is 30.3 Å². The van der Waals surface area contributed by atoms with Crippen molar-refractivity contribution < 1.29 is 13.2 Å². The highest BCUT2D eigenvalue weighted by molar-refractivity contribution is 7.89. The highest BCUT2D eigenvalue weighted by Gasteiger charge is 2.39. The number of rotatable bonds is 5. The van der Waals surface area contributed by atoms with Crippen molar-refractivity contribution >= 4 is 21.6 Å². The van der Waals surface area contributed by atoms with Gasteiger partial charge in [-0.2, -0.15) is 4.31 Å². The van der Waals surface area contributed by atoms with Gasteiger partial charge >= 0.3 is 0 Å². The van der Waals surface area contributed by atoms with Gasteiger partial charge in [0.25, 0.3) is 0 Å². The third-order valence-corrected chi connectivity index (χ3v) is 7.19. The number of hydrogen-bond donors (Lipinski definition) is 0. The quantitative estimate of drug-likeness (QED) is 0.795. The summed E-state index contributed by atoms with van der Waals surface area (Å²) in [5, 5.41) is 0. The van der Waals surface area contributed by atoms with Crippen LogP contribution >= 0.6 is 0 Å². The van der Waals surface area contributed by atoms with Gasteiger partial charge in [-0.05, 0) is 55.5 Å². The normalized spacial score (nSPS) is 19.4. The number of carbonyl (C=O) groups excluding carboxylic acids is 1. The van der Waals surface area contributed by atoms with E-state index in [4.69, 9.17) is 0 Å². The lowest BCUT2D eigenvalue weighted by Crippen LogP contribution is -2.36. The van der Waals surface area contributed by atoms with Gasteiger partial charge in [-0.25, -0.2) is 8.42 Å². The zero-order valence-corrected chi connectivity index (χ0v) is 16.4. The Bertz CT molecular complexity index is 968. The molecule has 2 aliphatic rings. The molecule has 5 nitrogen and oxygen atoms in total. The molecular weight excluding hydrogens is 360 g/mol. The highest BCUT2D eigenvalue weighted by atomic mass is 32.2. The third-order valence-electron chi connectivity index (χ3n) is 5.39. The van der Waals surface area contributed by atoms with Crippen molar-refractivity contribution in [1.29, 1.82) is 0 Å². The van der Waals surface area contributed by atoms with E-state index in [1.54, 1.807) is 25.2 Å². The van der Waals surface area contributed by atoms with Gasteiger partial charge in [0.1, 0.15) is 0 Å². The Morgan fingerprint density at radius 1 is 1.15 bits per heavy atom. The molecule has 0 unspecified atom stereocenters. The molecule has 1 fully saturated rings. The third kappa shape index (κ3) is 3.39. The number of nitrogens with zero attached hydrogens (tertiary/aromatic N) is 2. The summed E-state index contributed by atoms with van der Waals surface area (Å²) in [6.45, 7) is 2.35. The van der Waals surface area contributed by atoms with Crippen LogP contribution in [-0.4, -0.2) is 31.7 Å². The topological polar surface area (TPSA) is 57.7 Å². The first kappa shape index (κ1) is 18.2. The predicted octanol–water partition coefficient (Wildman–Crippen LogP) is 3.19. The van der Waals surface area contributed by atoms with Crippen molar-refractivity contribution in [2.45, 2.75) is 43.7 Å². The zero-order chi connectivity index (χ0) is 19.2. The smallest absolute Gasteiger partial charge is 0.243 e. The molecule has 1 atom stereocenters. The van der Waals surface area contributed by atoms with Gasteiger partial charge in [0.05, 0.1) is 4.90 Å². The molecule has 1 saturated carbocycles. The van der Waals surface area contributed by atoms with Gasteiger partial charge in [0.15, 0.2) is 0 Å². The number of carbonyl (C=O) groups is 1. The number of fused-ring (bicyclic) bond motifs is 1. The summed E-state index contributed by atoms with van der Waals surface area (Å²) in [4.78, 5) is 14.7. The van der Waals surface area contributed by atoms with Crippen LogP contribution in [0.3, 0.4) is 0 Å². The molecule has 6 heteroatoms. The molecule has 0 saturated heterocycles. The Labute approximate surface area is 160 Å². The number of anilines is 1. The molecule has 0 bridgehead atoms. The Morgan fingerprint density at radius 2 is 1.85 bits per heavy atom. The molecule has 1 aliphatic heterocycles. The summed E-state index contributed by atoms with van der Waals surface area (Å²) in [5.41, 5.74) is 2.74. The van der Waals surface area contributed by atoms with Crippen LogP contribution in [0.2, 0.25) is 0 Å². The average Bonchev–Trinajstić information content (AvgIpc) is 3.44. The van der Waals surface area contributed by atoms with E-state index in [0.717, 1.165) is 29.7 Å². The van der Waals surface area contributed by atoms with Crippen LogP contribution in [0.4, 0.5) is 5.69 Å². The zero-order valence-electron chi connectivity index (χ0n) is 15.6. The van der Waals surface area contributed by atoms with E-state index in [1.165, 1.54) is 4.31 Å². The fourth-order valence-electron chi connectivity index (χ4n) is 3.74. The van der Waals surface area contributed by atoms with Crippen molar-refractivity contribution in [1.82, 2.24) is 4.31 Å². The summed E-state index contributed by atoms with van der Waals surface area (Å²) >= 11 is 0. The van der Waals surface area contributed by atoms with Gasteiger partial charge in [0, 0.05) is 31.2 Å². The molecule has 0 N–H and O–H groups in total. The largest absolute Gasteiger partial charge is 0.309 e. The number of hydrogen-bond acceptors (Lipinski definition) is 3. The second kappa shape index (κ2) is 6.77. The molecule has 1 aliphatic carbocycles. The summed E-state index contributed by atoms with van der Waals surface area (Å²) in [6, 6.07) is 14.8. The summed E-state index contributed by atoms with van der Waals surface area (Å²) < 4.78 is 27.4. The van der Waals surface area contributed by atoms with Gasteiger partial charge < -0.3 is 4.90 Å². The molecule has 0 aromatic heterocycles. The van der Waals surface area contributed by atoms with Crippen LogP contribution < -0.4 is 4.90 Å². The maximum atomic E-state index is 13.0. The molecule has 2 aromatic carbocycles. The van der Waals surface area contributed by atoms with E-state index in [2.05, 4.69) is 0 Å². The average molecular weight is 385 g/mol. The molecule has 2 aromatic rings. The van der Waals surface area contributed by atoms with E-state index in [0.29, 0.717) is 13.0 Å². The van der Waals surface area contributed by atoms with Crippen LogP contribution in [0, 0.1) is 5.92 Å². The first-order valence-electron chi connectivity index (χ1n) is 9.34. The lowest BCUT2D eigenvalue weighted by molar-refractivity contribution is -0.120. The monoisotopic (exact) mass is 384 g/mol. The fourth-order valence-corrected chi connectivity index (χ4v) is 4.95. The number of sulfonamides is 1. The molecule has 0 spiro atoms. The fraction of sp³-hybridized carbons (Fsp3) is 0.381. The minimum Gasteiger partial charge on any atom is -0.309 e. The Morgan fingerprint density at radius 3 is 2.52 bits per heavy atom. The number of benzene rings is 2. The first-order chi connectivity index (χ1) is 12.9. The molecule has 142 valence electrons. The SMILES string of the molecule is C[C@@H]1Cc2cc(S(=O)(=O)N(C)Cc3ccccc3)ccc2N1C(=O)C1CC1. The summed E-state index contributed by atoms with van der Waals surface area (Å²) in [6.07, 6.45) is 2.63. The Hall–Kier alpha value is -2.18. The van der Waals surface area contributed by atoms with E-state index in [-0.39, 0.29) is 22.8 Å². The van der Waals surface area contributed by atoms with Crippen molar-refractivity contribution in [3.05, 3.63) is 59.7 Å². The standard InChI is InChI=1S/C21H24N2O3S/c1-15-12-18-13-19(10-11-20(18)23(15)21(24)17-8-9-17)27(25,26)22(2)14-16-6-4-3-5-7-16/h3-7,10-11,13,15,17H,8-9,12,14H2,1-2H3/t15-/m1/s1. The van der Waals surface area contributed by atoms with E-state index >= 15 is 0 Å². The predicted molar refractivity (Wildman–Crippen MR) is 105 cm³/mol. The summed E-state index contributed by atoms with van der Waals surface area (Å²) in [7, 11) is -1.99. The maximum absolute atomic E-state index is 13.0. The molecule has 1 heterocycles. The first-order valence-corrected chi connectivity index (χ1v) is 10.8. The minimum absolute atomic E-state index is 0.0769. The summed E-state index contributed by atoms with van der Waals surface area (Å²) in [5.74, 6) is 0.330. The van der Waals surface area contributed by atoms with Crippen molar-refractivity contribution in [3.63, 3.8) is 0 Å². The van der Waals surface area contributed by atoms with Crippen molar-refractivity contribution in [2.24, 2.45) is 5.92 Å². The molecule has 1 amide bonds. The van der Waals surface area contributed by atoms with Crippen molar-refractivity contribution in [2.75, 3.05) is 11.9 Å². The lowest BCUT2D eigenvalue weighted by atomic mass is 10.1. The Kier molecular flexibility index (Phi) is 4.56. The Balaban J connectivity index is 1.60. The van der Waals surface area contributed by atoms with Gasteiger partial charge in [-0.15, -0.1) is 0 Å². The molecular formula is C21H24N2O3S. The minimum atomic E-state index is -3.59. The van der Waals surface area contributed by atoms with Crippen LogP contribution in [0.5, 0.6) is 0 Å². The highest BCUT2D eigenvalue weighted by Crippen LogP contribution is 2.39. The lowest BCUT2D eigenvalue weighted by Gasteiger charge is -2.23. The molecule has 27 heavy (non-hydrogen) atoms.